The van der Waals surface area contributed by atoms with Gasteiger partial charge in [0.2, 0.25) is 0 Å². The number of esters is 1. The number of hydrogen-bond acceptors (Lipinski definition) is 3. The summed E-state index contributed by atoms with van der Waals surface area (Å²) in [5, 5.41) is -0.0209. The third-order valence-electron chi connectivity index (χ3n) is 2.84. The van der Waals surface area contributed by atoms with Crippen molar-refractivity contribution < 1.29 is 23.9 Å². The number of methoxy groups -OCH3 is 1. The number of rotatable bonds is 3. The molecule has 0 unspecified atom stereocenters. The molecule has 0 saturated heterocycles. The third-order valence-corrected chi connectivity index (χ3v) is 3.81. The smallest absolute Gasteiger partial charge is 0.356 e. The van der Waals surface area contributed by atoms with Crippen molar-refractivity contribution in [1.29, 1.82) is 0 Å². The Morgan fingerprint density at radius 2 is 1.40 bits per heavy atom. The van der Waals surface area contributed by atoms with Gasteiger partial charge in [0.05, 0.1) is 18.0 Å². The number of benzene rings is 2. The first-order valence-electron chi connectivity index (χ1n) is 5.77. The topological polar surface area (TPSA) is 83.8 Å². The maximum absolute atomic E-state index is 11.3. The van der Waals surface area contributed by atoms with Crippen LogP contribution in [-0.2, 0) is 9.30 Å². The molecule has 0 aliphatic heterocycles. The monoisotopic (exact) mass is 292 g/mol. The van der Waals surface area contributed by atoms with Crippen LogP contribution in [0.25, 0.3) is 11.1 Å². The molecular formula is C14H13O5P. The summed E-state index contributed by atoms with van der Waals surface area (Å²) in [7, 11) is -2.90. The molecule has 0 saturated carbocycles. The van der Waals surface area contributed by atoms with Crippen LogP contribution in [0.4, 0.5) is 0 Å². The summed E-state index contributed by atoms with van der Waals surface area (Å²) in [5.41, 5.74) is 2.09. The Labute approximate surface area is 116 Å². The highest BCUT2D eigenvalue weighted by Gasteiger charge is 2.16. The summed E-state index contributed by atoms with van der Waals surface area (Å²) < 4.78 is 15.7. The molecule has 104 valence electrons. The van der Waals surface area contributed by atoms with Crippen molar-refractivity contribution in [1.82, 2.24) is 0 Å². The zero-order valence-corrected chi connectivity index (χ0v) is 11.6. The van der Waals surface area contributed by atoms with Crippen LogP contribution in [0.2, 0.25) is 0 Å². The second kappa shape index (κ2) is 5.59. The van der Waals surface area contributed by atoms with Gasteiger partial charge < -0.3 is 14.5 Å². The van der Waals surface area contributed by atoms with Gasteiger partial charge in [0, 0.05) is 0 Å². The van der Waals surface area contributed by atoms with Crippen molar-refractivity contribution in [2.45, 2.75) is 0 Å². The van der Waals surface area contributed by atoms with Gasteiger partial charge in [-0.15, -0.1) is 0 Å². The second-order valence-electron chi connectivity index (χ2n) is 4.16. The first kappa shape index (κ1) is 14.5. The summed E-state index contributed by atoms with van der Waals surface area (Å²) in [5.74, 6) is -0.409. The highest BCUT2D eigenvalue weighted by Crippen LogP contribution is 2.33. The van der Waals surface area contributed by atoms with Crippen LogP contribution < -0.4 is 5.30 Å². The fraction of sp³-hybridized carbons (Fsp3) is 0.0714. The molecule has 2 aromatic carbocycles. The normalized spacial score (nSPS) is 11.2. The molecule has 0 aromatic heterocycles. The molecule has 2 rings (SSSR count). The van der Waals surface area contributed by atoms with Crippen molar-refractivity contribution in [3.63, 3.8) is 0 Å². The fourth-order valence-corrected chi connectivity index (χ4v) is 2.30. The maximum atomic E-state index is 11.3. The van der Waals surface area contributed by atoms with Crippen LogP contribution in [0.5, 0.6) is 0 Å². The van der Waals surface area contributed by atoms with E-state index < -0.39 is 13.6 Å². The summed E-state index contributed by atoms with van der Waals surface area (Å²) in [6, 6.07) is 12.8. The predicted octanol–water partition coefficient (Wildman–Crippen LogP) is 1.94. The minimum atomic E-state index is -4.22. The lowest BCUT2D eigenvalue weighted by Gasteiger charge is -2.06. The zero-order chi connectivity index (χ0) is 14.8. The van der Waals surface area contributed by atoms with E-state index in [1.807, 2.05) is 0 Å². The zero-order valence-electron chi connectivity index (χ0n) is 10.7. The highest BCUT2D eigenvalue weighted by atomic mass is 31.2. The molecular weight excluding hydrogens is 279 g/mol. The minimum absolute atomic E-state index is 0.0209. The molecule has 0 spiro atoms. The Kier molecular flexibility index (Phi) is 4.04. The summed E-state index contributed by atoms with van der Waals surface area (Å²) in [6.07, 6.45) is 0. The molecule has 20 heavy (non-hydrogen) atoms. The largest absolute Gasteiger partial charge is 0.465 e. The number of ether oxygens (including phenoxy) is 1. The Morgan fingerprint density at radius 3 is 1.80 bits per heavy atom. The van der Waals surface area contributed by atoms with Crippen LogP contribution in [0.3, 0.4) is 0 Å². The lowest BCUT2D eigenvalue weighted by molar-refractivity contribution is 0.0600. The van der Waals surface area contributed by atoms with E-state index >= 15 is 0 Å². The van der Waals surface area contributed by atoms with Gasteiger partial charge >= 0.3 is 13.6 Å². The minimum Gasteiger partial charge on any atom is -0.465 e. The predicted molar refractivity (Wildman–Crippen MR) is 74.9 cm³/mol. The average molecular weight is 292 g/mol. The molecule has 0 aliphatic carbocycles. The van der Waals surface area contributed by atoms with Crippen LogP contribution in [0, 0.1) is 0 Å². The molecule has 0 amide bonds. The number of hydrogen-bond donors (Lipinski definition) is 2. The summed E-state index contributed by atoms with van der Waals surface area (Å²) >= 11 is 0. The SMILES string of the molecule is COC(=O)c1ccc(-c2ccc(P(=O)(O)O)cc2)cc1. The number of carbonyl (C=O) groups is 1. The molecule has 0 atom stereocenters. The van der Waals surface area contributed by atoms with Gasteiger partial charge in [0.15, 0.2) is 0 Å². The van der Waals surface area contributed by atoms with Crippen LogP contribution in [0.1, 0.15) is 10.4 Å². The Bertz CT molecular complexity index is 655. The molecule has 0 aliphatic rings. The van der Waals surface area contributed by atoms with Crippen molar-refractivity contribution in [2.75, 3.05) is 7.11 Å². The average Bonchev–Trinajstić information content (AvgIpc) is 2.46. The summed E-state index contributed by atoms with van der Waals surface area (Å²) in [6.45, 7) is 0. The summed E-state index contributed by atoms with van der Waals surface area (Å²) in [4.78, 5) is 29.4. The molecule has 0 radical (unpaired) electrons. The van der Waals surface area contributed by atoms with E-state index in [2.05, 4.69) is 4.74 Å². The molecule has 0 fully saturated rings. The highest BCUT2D eigenvalue weighted by molar-refractivity contribution is 7.60. The maximum Gasteiger partial charge on any atom is 0.356 e. The first-order valence-corrected chi connectivity index (χ1v) is 7.38. The van der Waals surface area contributed by atoms with Gasteiger partial charge in [-0.05, 0) is 35.4 Å². The molecule has 0 heterocycles. The fourth-order valence-electron chi connectivity index (χ4n) is 1.76. The van der Waals surface area contributed by atoms with Crippen LogP contribution in [0.15, 0.2) is 48.5 Å². The quantitative estimate of drug-likeness (QED) is 0.667. The molecule has 0 bridgehead atoms. The van der Waals surface area contributed by atoms with E-state index in [9.17, 15) is 9.36 Å². The van der Waals surface area contributed by atoms with Crippen molar-refractivity contribution in [3.05, 3.63) is 54.1 Å². The van der Waals surface area contributed by atoms with Gasteiger partial charge in [0.25, 0.3) is 0 Å². The van der Waals surface area contributed by atoms with Gasteiger partial charge in [-0.25, -0.2) is 4.79 Å². The van der Waals surface area contributed by atoms with E-state index in [1.165, 1.54) is 19.2 Å². The lowest BCUT2D eigenvalue weighted by atomic mass is 10.0. The van der Waals surface area contributed by atoms with E-state index in [1.54, 1.807) is 36.4 Å². The van der Waals surface area contributed by atoms with E-state index in [4.69, 9.17) is 9.79 Å². The van der Waals surface area contributed by atoms with Crippen molar-refractivity contribution >= 4 is 18.9 Å². The Balaban J connectivity index is 2.28. The Morgan fingerprint density at radius 1 is 0.950 bits per heavy atom. The molecule has 5 nitrogen and oxygen atoms in total. The van der Waals surface area contributed by atoms with E-state index in [-0.39, 0.29) is 5.30 Å². The molecule has 6 heteroatoms. The van der Waals surface area contributed by atoms with Crippen LogP contribution >= 0.6 is 7.60 Å². The molecule has 2 N–H and O–H groups in total. The van der Waals surface area contributed by atoms with Crippen molar-refractivity contribution in [2.24, 2.45) is 0 Å². The second-order valence-corrected chi connectivity index (χ2v) is 5.76. The van der Waals surface area contributed by atoms with Gasteiger partial charge in [-0.3, -0.25) is 4.57 Å². The standard InChI is InChI=1S/C14H13O5P/c1-19-14(15)12-4-2-10(3-5-12)11-6-8-13(9-7-11)20(16,17)18/h2-9H,1H3,(H2,16,17,18). The van der Waals surface area contributed by atoms with Gasteiger partial charge in [-0.1, -0.05) is 24.3 Å². The van der Waals surface area contributed by atoms with Crippen LogP contribution in [-0.4, -0.2) is 22.9 Å². The molecule has 2 aromatic rings. The number of carbonyl (C=O) groups excluding carboxylic acids is 1. The third kappa shape index (κ3) is 3.14. The van der Waals surface area contributed by atoms with Gasteiger partial charge in [0.1, 0.15) is 0 Å². The lowest BCUT2D eigenvalue weighted by Crippen LogP contribution is -2.02. The van der Waals surface area contributed by atoms with Gasteiger partial charge in [-0.2, -0.15) is 0 Å². The van der Waals surface area contributed by atoms with E-state index in [0.717, 1.165) is 11.1 Å². The van der Waals surface area contributed by atoms with Crippen molar-refractivity contribution in [3.8, 4) is 11.1 Å². The van der Waals surface area contributed by atoms with E-state index in [0.29, 0.717) is 5.56 Å². The first-order chi connectivity index (χ1) is 9.41. The Hall–Kier alpha value is -1.94.